The molecule has 0 amide bonds. The second kappa shape index (κ2) is 4.09. The minimum absolute atomic E-state index is 0.114. The zero-order valence-electron chi connectivity index (χ0n) is 7.61. The van der Waals surface area contributed by atoms with Crippen molar-refractivity contribution in [2.24, 2.45) is 0 Å². The Morgan fingerprint density at radius 1 is 1.47 bits per heavy atom. The van der Waals surface area contributed by atoms with Crippen LogP contribution in [0.1, 0.15) is 4.88 Å². The minimum atomic E-state index is -0.610. The van der Waals surface area contributed by atoms with Crippen molar-refractivity contribution in [3.05, 3.63) is 43.2 Å². The van der Waals surface area contributed by atoms with E-state index in [1.165, 1.54) is 0 Å². The Hall–Kier alpha value is -1.89. The van der Waals surface area contributed by atoms with Gasteiger partial charge in [-0.25, -0.2) is 9.89 Å². The van der Waals surface area contributed by atoms with Crippen LogP contribution in [0.3, 0.4) is 0 Å². The van der Waals surface area contributed by atoms with E-state index in [1.54, 1.807) is 11.3 Å². The number of H-pyrrole nitrogens is 2. The Morgan fingerprint density at radius 2 is 2.33 bits per heavy atom. The fraction of sp³-hybridized carbons (Fsp3) is 0.125. The van der Waals surface area contributed by atoms with Gasteiger partial charge in [-0.2, -0.15) is 0 Å². The first-order valence-corrected chi connectivity index (χ1v) is 5.09. The van der Waals surface area contributed by atoms with E-state index >= 15 is 0 Å². The van der Waals surface area contributed by atoms with E-state index in [1.807, 2.05) is 17.5 Å². The number of aromatic amines is 2. The molecule has 0 saturated carbocycles. The molecule has 0 aliphatic carbocycles. The number of thiophene rings is 1. The molecule has 3 N–H and O–H groups in total. The summed E-state index contributed by atoms with van der Waals surface area (Å²) in [6.07, 6.45) is 0. The van der Waals surface area contributed by atoms with Crippen LogP contribution in [0.25, 0.3) is 0 Å². The summed E-state index contributed by atoms with van der Waals surface area (Å²) in [7, 11) is 0. The SMILES string of the molecule is O=c1[nH]nc(NCc2cccs2)c(=O)[nH]1. The first kappa shape index (κ1) is 9.66. The van der Waals surface area contributed by atoms with Crippen LogP contribution < -0.4 is 16.6 Å². The van der Waals surface area contributed by atoms with Gasteiger partial charge in [0.1, 0.15) is 0 Å². The van der Waals surface area contributed by atoms with E-state index in [9.17, 15) is 9.59 Å². The van der Waals surface area contributed by atoms with Crippen LogP contribution in [0, 0.1) is 0 Å². The van der Waals surface area contributed by atoms with Crippen molar-refractivity contribution >= 4 is 17.2 Å². The molecule has 0 saturated heterocycles. The third kappa shape index (κ3) is 2.32. The van der Waals surface area contributed by atoms with Gasteiger partial charge in [-0.3, -0.25) is 9.78 Å². The number of nitrogens with one attached hydrogen (secondary N) is 3. The lowest BCUT2D eigenvalue weighted by molar-refractivity contribution is 0.884. The maximum atomic E-state index is 11.2. The van der Waals surface area contributed by atoms with Crippen LogP contribution in [0.5, 0.6) is 0 Å². The van der Waals surface area contributed by atoms with Gasteiger partial charge < -0.3 is 5.32 Å². The van der Waals surface area contributed by atoms with E-state index in [0.717, 1.165) is 4.88 Å². The molecule has 0 aliphatic heterocycles. The summed E-state index contributed by atoms with van der Waals surface area (Å²) in [5.74, 6) is 0.114. The van der Waals surface area contributed by atoms with Crippen LogP contribution in [-0.2, 0) is 6.54 Å². The Balaban J connectivity index is 2.12. The molecule has 78 valence electrons. The highest BCUT2D eigenvalue weighted by Crippen LogP contribution is 2.08. The summed E-state index contributed by atoms with van der Waals surface area (Å²) < 4.78 is 0. The van der Waals surface area contributed by atoms with Crippen LogP contribution >= 0.6 is 11.3 Å². The van der Waals surface area contributed by atoms with Crippen molar-refractivity contribution in [1.29, 1.82) is 0 Å². The van der Waals surface area contributed by atoms with Gasteiger partial charge in [-0.1, -0.05) is 6.07 Å². The summed E-state index contributed by atoms with van der Waals surface area (Å²) in [6, 6.07) is 3.86. The third-order valence-corrected chi connectivity index (χ3v) is 2.60. The molecule has 2 heterocycles. The van der Waals surface area contributed by atoms with Gasteiger partial charge in [0.25, 0.3) is 5.56 Å². The Bertz CT molecular complexity index is 542. The molecule has 0 radical (unpaired) electrons. The van der Waals surface area contributed by atoms with Crippen molar-refractivity contribution < 1.29 is 0 Å². The summed E-state index contributed by atoms with van der Waals surface area (Å²) in [4.78, 5) is 25.0. The molecule has 2 aromatic heterocycles. The fourth-order valence-corrected chi connectivity index (χ4v) is 1.70. The molecule has 0 unspecified atom stereocenters. The first-order valence-electron chi connectivity index (χ1n) is 4.21. The number of aromatic nitrogens is 3. The minimum Gasteiger partial charge on any atom is -0.359 e. The molecule has 2 aromatic rings. The van der Waals surface area contributed by atoms with Crippen molar-refractivity contribution in [1.82, 2.24) is 15.2 Å². The number of anilines is 1. The van der Waals surface area contributed by atoms with Gasteiger partial charge in [0.2, 0.25) is 5.82 Å². The zero-order valence-corrected chi connectivity index (χ0v) is 8.43. The maximum absolute atomic E-state index is 11.2. The van der Waals surface area contributed by atoms with Crippen molar-refractivity contribution in [3.8, 4) is 0 Å². The molecule has 0 aromatic carbocycles. The van der Waals surface area contributed by atoms with Gasteiger partial charge in [0.15, 0.2) is 0 Å². The average molecular weight is 224 g/mol. The van der Waals surface area contributed by atoms with Gasteiger partial charge in [0.05, 0.1) is 6.54 Å². The quantitative estimate of drug-likeness (QED) is 0.691. The average Bonchev–Trinajstić information content (AvgIpc) is 2.69. The second-order valence-electron chi connectivity index (χ2n) is 2.79. The molecule has 2 rings (SSSR count). The lowest BCUT2D eigenvalue weighted by Gasteiger charge is -2.00. The topological polar surface area (TPSA) is 90.6 Å². The lowest BCUT2D eigenvalue weighted by atomic mass is 10.4. The van der Waals surface area contributed by atoms with Crippen LogP contribution in [0.2, 0.25) is 0 Å². The van der Waals surface area contributed by atoms with Gasteiger partial charge in [-0.05, 0) is 11.4 Å². The molecule has 0 spiro atoms. The number of nitrogens with zero attached hydrogens (tertiary/aromatic N) is 1. The standard InChI is InChI=1S/C8H8N4O2S/c13-7-6(11-12-8(14)10-7)9-4-5-2-1-3-15-5/h1-3H,4H2,(H,9,11)(H2,10,12,13,14). The predicted octanol–water partition coefficient (Wildman–Crippen LogP) is 0.132. The van der Waals surface area contributed by atoms with Crippen LogP contribution in [-0.4, -0.2) is 15.2 Å². The summed E-state index contributed by atoms with van der Waals surface area (Å²) in [6.45, 7) is 0.514. The highest BCUT2D eigenvalue weighted by molar-refractivity contribution is 7.09. The van der Waals surface area contributed by atoms with Crippen molar-refractivity contribution in [3.63, 3.8) is 0 Å². The van der Waals surface area contributed by atoms with E-state index in [4.69, 9.17) is 0 Å². The number of hydrogen-bond acceptors (Lipinski definition) is 5. The van der Waals surface area contributed by atoms with Gasteiger partial charge in [-0.15, -0.1) is 16.4 Å². The zero-order chi connectivity index (χ0) is 10.7. The highest BCUT2D eigenvalue weighted by Gasteiger charge is 2.01. The largest absolute Gasteiger partial charge is 0.359 e. The van der Waals surface area contributed by atoms with E-state index in [0.29, 0.717) is 6.54 Å². The number of hydrogen-bond donors (Lipinski definition) is 3. The van der Waals surface area contributed by atoms with Crippen molar-refractivity contribution in [2.75, 3.05) is 5.32 Å². The molecule has 15 heavy (non-hydrogen) atoms. The molecule has 0 bridgehead atoms. The monoisotopic (exact) mass is 224 g/mol. The Morgan fingerprint density at radius 3 is 3.00 bits per heavy atom. The number of rotatable bonds is 3. The van der Waals surface area contributed by atoms with E-state index in [-0.39, 0.29) is 5.82 Å². The van der Waals surface area contributed by atoms with E-state index < -0.39 is 11.2 Å². The first-order chi connectivity index (χ1) is 7.25. The van der Waals surface area contributed by atoms with Gasteiger partial charge in [0, 0.05) is 4.88 Å². The third-order valence-electron chi connectivity index (χ3n) is 1.72. The molecule has 6 nitrogen and oxygen atoms in total. The molecule has 0 atom stereocenters. The van der Waals surface area contributed by atoms with Crippen LogP contribution in [0.15, 0.2) is 27.1 Å². The highest BCUT2D eigenvalue weighted by atomic mass is 32.1. The summed E-state index contributed by atoms with van der Waals surface area (Å²) >= 11 is 1.58. The Labute approximate surface area is 88.0 Å². The van der Waals surface area contributed by atoms with Gasteiger partial charge >= 0.3 is 5.69 Å². The summed E-state index contributed by atoms with van der Waals surface area (Å²) in [5.41, 5.74) is -1.13. The molecule has 0 aliphatic rings. The van der Waals surface area contributed by atoms with Crippen molar-refractivity contribution in [2.45, 2.75) is 6.54 Å². The molecule has 7 heteroatoms. The summed E-state index contributed by atoms with van der Waals surface area (Å²) in [5, 5.41) is 10.5. The molecule has 0 fully saturated rings. The Kier molecular flexibility index (Phi) is 2.64. The second-order valence-corrected chi connectivity index (χ2v) is 3.82. The smallest absolute Gasteiger partial charge is 0.342 e. The normalized spacial score (nSPS) is 10.1. The fourth-order valence-electron chi connectivity index (χ4n) is 1.05. The molecular weight excluding hydrogens is 216 g/mol. The molecular formula is C8H8N4O2S. The lowest BCUT2D eigenvalue weighted by Crippen LogP contribution is -2.26. The van der Waals surface area contributed by atoms with Crippen LogP contribution in [0.4, 0.5) is 5.82 Å². The maximum Gasteiger partial charge on any atom is 0.342 e. The predicted molar refractivity (Wildman–Crippen MR) is 57.1 cm³/mol. The van der Waals surface area contributed by atoms with E-state index in [2.05, 4.69) is 20.5 Å².